The van der Waals surface area contributed by atoms with E-state index in [9.17, 15) is 13.2 Å². The number of benzene rings is 1. The zero-order valence-electron chi connectivity index (χ0n) is 12.0. The van der Waals surface area contributed by atoms with E-state index in [0.29, 0.717) is 5.69 Å². The maximum atomic E-state index is 12.2. The number of hydrogen-bond donors (Lipinski definition) is 1. The van der Waals surface area contributed by atoms with Gasteiger partial charge in [-0.1, -0.05) is 17.7 Å². The predicted octanol–water partition coefficient (Wildman–Crippen LogP) is 4.14. The number of ether oxygens (including phenoxy) is 1. The Labute approximate surface area is 116 Å². The van der Waals surface area contributed by atoms with Crippen molar-refractivity contribution in [2.75, 3.05) is 11.9 Å². The Morgan fingerprint density at radius 2 is 1.70 bits per heavy atom. The van der Waals surface area contributed by atoms with E-state index in [1.165, 1.54) is 0 Å². The van der Waals surface area contributed by atoms with Gasteiger partial charge in [0.05, 0.1) is 5.54 Å². The van der Waals surface area contributed by atoms with Crippen LogP contribution in [0, 0.1) is 6.92 Å². The summed E-state index contributed by atoms with van der Waals surface area (Å²) in [6, 6.07) is 7.06. The van der Waals surface area contributed by atoms with Crippen LogP contribution in [0.2, 0.25) is 0 Å². The van der Waals surface area contributed by atoms with E-state index in [1.54, 1.807) is 32.9 Å². The number of nitrogens with zero attached hydrogens (tertiary/aromatic N) is 1. The number of alkyl halides is 3. The first-order valence-electron chi connectivity index (χ1n) is 6.18. The van der Waals surface area contributed by atoms with Gasteiger partial charge >= 0.3 is 6.18 Å². The molecule has 1 N–H and O–H groups in total. The van der Waals surface area contributed by atoms with E-state index in [2.05, 4.69) is 10.3 Å². The minimum Gasteiger partial charge on any atom is -0.455 e. The van der Waals surface area contributed by atoms with Gasteiger partial charge in [0, 0.05) is 5.69 Å². The van der Waals surface area contributed by atoms with Crippen molar-refractivity contribution in [2.45, 2.75) is 39.4 Å². The van der Waals surface area contributed by atoms with Crippen LogP contribution in [0.1, 0.15) is 26.3 Å². The van der Waals surface area contributed by atoms with Gasteiger partial charge in [0.1, 0.15) is 0 Å². The summed E-state index contributed by atoms with van der Waals surface area (Å²) in [6.45, 7) is 5.89. The van der Waals surface area contributed by atoms with Gasteiger partial charge in [0.25, 0.3) is 6.02 Å². The summed E-state index contributed by atoms with van der Waals surface area (Å²) < 4.78 is 41.4. The third-order valence-electron chi connectivity index (χ3n) is 2.11. The van der Waals surface area contributed by atoms with Crippen LogP contribution in [0.25, 0.3) is 0 Å². The van der Waals surface area contributed by atoms with Crippen molar-refractivity contribution >= 4 is 11.7 Å². The maximum Gasteiger partial charge on any atom is 0.422 e. The third kappa shape index (κ3) is 7.01. The van der Waals surface area contributed by atoms with Crippen molar-refractivity contribution in [2.24, 2.45) is 4.99 Å². The lowest BCUT2D eigenvalue weighted by molar-refractivity contribution is -0.156. The van der Waals surface area contributed by atoms with Crippen molar-refractivity contribution in [3.63, 3.8) is 0 Å². The van der Waals surface area contributed by atoms with Gasteiger partial charge in [-0.05, 0) is 39.8 Å². The van der Waals surface area contributed by atoms with Crippen LogP contribution in [0.4, 0.5) is 18.9 Å². The van der Waals surface area contributed by atoms with Crippen molar-refractivity contribution in [1.82, 2.24) is 0 Å². The number of hydrogen-bond acceptors (Lipinski definition) is 2. The molecule has 20 heavy (non-hydrogen) atoms. The fourth-order valence-corrected chi connectivity index (χ4v) is 1.31. The van der Waals surface area contributed by atoms with Crippen LogP contribution < -0.4 is 5.32 Å². The van der Waals surface area contributed by atoms with Gasteiger partial charge in [0.2, 0.25) is 0 Å². The SMILES string of the molecule is Cc1ccc(NC(=NC(C)(C)C)OCC(F)(F)F)cc1. The number of halogens is 3. The molecule has 0 bridgehead atoms. The lowest BCUT2D eigenvalue weighted by atomic mass is 10.1. The largest absolute Gasteiger partial charge is 0.455 e. The normalized spacial score (nSPS) is 13.2. The average Bonchev–Trinajstić information content (AvgIpc) is 2.26. The second-order valence-corrected chi connectivity index (χ2v) is 5.48. The molecule has 1 aromatic rings. The van der Waals surface area contributed by atoms with Crippen LogP contribution in [0.5, 0.6) is 0 Å². The molecule has 0 aliphatic rings. The Hall–Kier alpha value is -1.72. The molecule has 0 fully saturated rings. The first-order valence-corrected chi connectivity index (χ1v) is 6.18. The van der Waals surface area contributed by atoms with Gasteiger partial charge < -0.3 is 10.1 Å². The Morgan fingerprint density at radius 3 is 2.15 bits per heavy atom. The molecule has 0 aliphatic heterocycles. The van der Waals surface area contributed by atoms with Crippen LogP contribution in [0.15, 0.2) is 29.3 Å². The second kappa shape index (κ2) is 6.15. The van der Waals surface area contributed by atoms with Gasteiger partial charge in [0.15, 0.2) is 6.61 Å². The Bertz CT molecular complexity index is 459. The molecule has 3 nitrogen and oxygen atoms in total. The molecule has 0 aromatic heterocycles. The molecule has 1 aromatic carbocycles. The Kier molecular flexibility index (Phi) is 5.03. The molecule has 0 amide bonds. The molecule has 0 spiro atoms. The van der Waals surface area contributed by atoms with Gasteiger partial charge in [-0.15, -0.1) is 0 Å². The summed E-state index contributed by atoms with van der Waals surface area (Å²) in [7, 11) is 0. The van der Waals surface area contributed by atoms with E-state index >= 15 is 0 Å². The van der Waals surface area contributed by atoms with Gasteiger partial charge in [-0.25, -0.2) is 4.99 Å². The Balaban J connectivity index is 2.83. The fraction of sp³-hybridized carbons (Fsp3) is 0.500. The topological polar surface area (TPSA) is 33.6 Å². The van der Waals surface area contributed by atoms with E-state index in [0.717, 1.165) is 5.56 Å². The quantitative estimate of drug-likeness (QED) is 0.655. The van der Waals surface area contributed by atoms with Crippen molar-refractivity contribution < 1.29 is 17.9 Å². The highest BCUT2D eigenvalue weighted by Crippen LogP contribution is 2.17. The van der Waals surface area contributed by atoms with Crippen molar-refractivity contribution in [1.29, 1.82) is 0 Å². The van der Waals surface area contributed by atoms with Crippen LogP contribution in [0.3, 0.4) is 0 Å². The summed E-state index contributed by atoms with van der Waals surface area (Å²) in [5.41, 5.74) is 1.14. The Morgan fingerprint density at radius 1 is 1.15 bits per heavy atom. The lowest BCUT2D eigenvalue weighted by Crippen LogP contribution is -2.27. The smallest absolute Gasteiger partial charge is 0.422 e. The molecule has 0 aliphatic carbocycles. The average molecular weight is 288 g/mol. The molecule has 1 rings (SSSR count). The summed E-state index contributed by atoms with van der Waals surface area (Å²) in [6.07, 6.45) is -4.40. The highest BCUT2D eigenvalue weighted by atomic mass is 19.4. The molecular weight excluding hydrogens is 269 g/mol. The zero-order chi connectivity index (χ0) is 15.4. The standard InChI is InChI=1S/C14H19F3N2O/c1-10-5-7-11(8-6-10)18-12(19-13(2,3)4)20-9-14(15,16)17/h5-8H,9H2,1-4H3,(H,18,19). The van der Waals surface area contributed by atoms with Gasteiger partial charge in [-0.2, -0.15) is 13.2 Å². The number of aryl methyl sites for hydroxylation is 1. The number of rotatable bonds is 2. The van der Waals surface area contributed by atoms with Crippen LogP contribution in [-0.2, 0) is 4.74 Å². The minimum absolute atomic E-state index is 0.140. The summed E-state index contributed by atoms with van der Waals surface area (Å²) in [4.78, 5) is 4.11. The van der Waals surface area contributed by atoms with Crippen LogP contribution >= 0.6 is 0 Å². The summed E-state index contributed by atoms with van der Waals surface area (Å²) >= 11 is 0. The molecule has 0 radical (unpaired) electrons. The number of aliphatic imine (C=N–C) groups is 1. The summed E-state index contributed by atoms with van der Waals surface area (Å²) in [5, 5.41) is 2.76. The molecule has 112 valence electrons. The van der Waals surface area contributed by atoms with Crippen LogP contribution in [-0.4, -0.2) is 24.3 Å². The van der Waals surface area contributed by atoms with Gasteiger partial charge in [-0.3, -0.25) is 0 Å². The number of amidine groups is 1. The second-order valence-electron chi connectivity index (χ2n) is 5.48. The third-order valence-corrected chi connectivity index (χ3v) is 2.11. The zero-order valence-corrected chi connectivity index (χ0v) is 12.0. The lowest BCUT2D eigenvalue weighted by Gasteiger charge is -2.18. The minimum atomic E-state index is -4.40. The highest BCUT2D eigenvalue weighted by molar-refractivity contribution is 5.89. The van der Waals surface area contributed by atoms with E-state index in [1.807, 2.05) is 19.1 Å². The number of anilines is 1. The van der Waals surface area contributed by atoms with Crippen molar-refractivity contribution in [3.05, 3.63) is 29.8 Å². The van der Waals surface area contributed by atoms with E-state index in [4.69, 9.17) is 4.74 Å². The molecule has 0 unspecified atom stereocenters. The molecule has 6 heteroatoms. The molecule has 0 atom stereocenters. The molecule has 0 saturated heterocycles. The number of nitrogens with one attached hydrogen (secondary N) is 1. The highest BCUT2D eigenvalue weighted by Gasteiger charge is 2.29. The predicted molar refractivity (Wildman–Crippen MR) is 74.0 cm³/mol. The summed E-state index contributed by atoms with van der Waals surface area (Å²) in [5.74, 6) is 0. The van der Waals surface area contributed by atoms with E-state index in [-0.39, 0.29) is 6.02 Å². The monoisotopic (exact) mass is 288 g/mol. The fourth-order valence-electron chi connectivity index (χ4n) is 1.31. The molecule has 0 saturated carbocycles. The molecule has 0 heterocycles. The van der Waals surface area contributed by atoms with E-state index < -0.39 is 18.3 Å². The molecular formula is C14H19F3N2O. The first-order chi connectivity index (χ1) is 9.05. The first kappa shape index (κ1) is 16.3. The van der Waals surface area contributed by atoms with Crippen molar-refractivity contribution in [3.8, 4) is 0 Å². The maximum absolute atomic E-state index is 12.2.